The van der Waals surface area contributed by atoms with Crippen molar-refractivity contribution in [2.24, 2.45) is 5.92 Å². The first-order valence-corrected chi connectivity index (χ1v) is 9.73. The third kappa shape index (κ3) is 8.93. The van der Waals surface area contributed by atoms with E-state index in [1.807, 2.05) is 59.9 Å². The van der Waals surface area contributed by atoms with Gasteiger partial charge in [-0.3, -0.25) is 9.59 Å². The molecule has 1 N–H and O–H groups in total. The molecular weight excluding hydrogens is 326 g/mol. The summed E-state index contributed by atoms with van der Waals surface area (Å²) in [6, 6.07) is 5.59. The van der Waals surface area contributed by atoms with Gasteiger partial charge in [-0.25, -0.2) is 0 Å². The van der Waals surface area contributed by atoms with Crippen LogP contribution in [0.5, 0.6) is 0 Å². The second-order valence-electron chi connectivity index (χ2n) is 5.61. The molecule has 26 heavy (non-hydrogen) atoms. The minimum Gasteiger partial charge on any atom is -0.388 e. The van der Waals surface area contributed by atoms with E-state index >= 15 is 0 Å². The molecule has 0 fully saturated rings. The number of carbonyl (C=O) groups excluding carboxylic acids is 3. The van der Waals surface area contributed by atoms with Crippen LogP contribution in [0.2, 0.25) is 0 Å². The van der Waals surface area contributed by atoms with Crippen LogP contribution in [0.25, 0.3) is 0 Å². The monoisotopic (exact) mass is 363 g/mol. The standard InChI is InChI=1S/C18H25NO3.2C2H6/c1-5-15-16(7-6-8-17(15)19-4)18(22)11-14(13(3)21)10-9-12(2)20;2*1-2/h6-8,14,19H,5,9-11H2,1-4H3;2*1-2H3. The van der Waals surface area contributed by atoms with Gasteiger partial charge in [0.15, 0.2) is 5.78 Å². The van der Waals surface area contributed by atoms with Gasteiger partial charge in [0.25, 0.3) is 0 Å². The number of carbonyl (C=O) groups is 3. The van der Waals surface area contributed by atoms with Crippen molar-refractivity contribution < 1.29 is 14.4 Å². The van der Waals surface area contributed by atoms with Crippen molar-refractivity contribution in [2.45, 2.75) is 74.1 Å². The van der Waals surface area contributed by atoms with Crippen LogP contribution in [-0.4, -0.2) is 24.4 Å². The van der Waals surface area contributed by atoms with Crippen molar-refractivity contribution in [3.8, 4) is 0 Å². The topological polar surface area (TPSA) is 63.2 Å². The van der Waals surface area contributed by atoms with E-state index in [9.17, 15) is 14.4 Å². The van der Waals surface area contributed by atoms with Crippen LogP contribution in [-0.2, 0) is 16.0 Å². The Hall–Kier alpha value is -1.97. The van der Waals surface area contributed by atoms with Gasteiger partial charge in [0.2, 0.25) is 0 Å². The van der Waals surface area contributed by atoms with Crippen LogP contribution in [0.1, 0.15) is 83.7 Å². The molecule has 0 bridgehead atoms. The predicted octanol–water partition coefficient (Wildman–Crippen LogP) is 5.49. The van der Waals surface area contributed by atoms with Gasteiger partial charge in [0, 0.05) is 37.1 Å². The highest BCUT2D eigenvalue weighted by atomic mass is 16.1. The largest absolute Gasteiger partial charge is 0.388 e. The Morgan fingerprint density at radius 2 is 1.62 bits per heavy atom. The fourth-order valence-electron chi connectivity index (χ4n) is 2.62. The molecule has 0 amide bonds. The highest BCUT2D eigenvalue weighted by Crippen LogP contribution is 2.24. The summed E-state index contributed by atoms with van der Waals surface area (Å²) < 4.78 is 0. The fourth-order valence-corrected chi connectivity index (χ4v) is 2.62. The van der Waals surface area contributed by atoms with E-state index in [4.69, 9.17) is 0 Å². The third-order valence-corrected chi connectivity index (χ3v) is 3.95. The summed E-state index contributed by atoms with van der Waals surface area (Å²) in [6.45, 7) is 13.0. The molecule has 148 valence electrons. The van der Waals surface area contributed by atoms with Crippen molar-refractivity contribution in [1.82, 2.24) is 0 Å². The van der Waals surface area contributed by atoms with E-state index in [2.05, 4.69) is 5.32 Å². The quantitative estimate of drug-likeness (QED) is 0.589. The molecule has 0 spiro atoms. The lowest BCUT2D eigenvalue weighted by Gasteiger charge is -2.15. The number of benzene rings is 1. The van der Waals surface area contributed by atoms with E-state index in [0.29, 0.717) is 18.4 Å². The summed E-state index contributed by atoms with van der Waals surface area (Å²) in [7, 11) is 1.83. The maximum absolute atomic E-state index is 12.6. The molecule has 1 rings (SSSR count). The Bertz CT molecular complexity index is 565. The second kappa shape index (κ2) is 15.3. The number of ketones is 3. The smallest absolute Gasteiger partial charge is 0.163 e. The van der Waals surface area contributed by atoms with Crippen LogP contribution in [0, 0.1) is 5.92 Å². The molecule has 1 atom stereocenters. The molecule has 0 aromatic heterocycles. The highest BCUT2D eigenvalue weighted by molar-refractivity contribution is 6.01. The molecule has 1 aromatic rings. The van der Waals surface area contributed by atoms with E-state index in [1.165, 1.54) is 13.8 Å². The fraction of sp³-hybridized carbons (Fsp3) is 0.591. The molecule has 0 radical (unpaired) electrons. The van der Waals surface area contributed by atoms with Gasteiger partial charge in [-0.15, -0.1) is 0 Å². The minimum atomic E-state index is -0.376. The number of hydrogen-bond acceptors (Lipinski definition) is 4. The zero-order valence-electron chi connectivity index (χ0n) is 17.9. The van der Waals surface area contributed by atoms with Crippen molar-refractivity contribution in [1.29, 1.82) is 0 Å². The Morgan fingerprint density at radius 1 is 1.04 bits per heavy atom. The van der Waals surface area contributed by atoms with Gasteiger partial charge in [-0.1, -0.05) is 46.8 Å². The van der Waals surface area contributed by atoms with Gasteiger partial charge >= 0.3 is 0 Å². The Labute approximate surface area is 159 Å². The number of Topliss-reactive ketones (excluding diaryl/α,β-unsaturated/α-hetero) is 3. The lowest BCUT2D eigenvalue weighted by atomic mass is 9.88. The minimum absolute atomic E-state index is 0.0299. The van der Waals surface area contributed by atoms with E-state index in [1.54, 1.807) is 0 Å². The molecule has 0 aliphatic heterocycles. The number of anilines is 1. The first-order valence-electron chi connectivity index (χ1n) is 9.73. The molecule has 0 aliphatic rings. The molecule has 1 unspecified atom stereocenters. The van der Waals surface area contributed by atoms with Crippen molar-refractivity contribution >= 4 is 23.0 Å². The SMILES string of the molecule is CC.CC.CCc1c(NC)cccc1C(=O)CC(CCC(C)=O)C(C)=O. The van der Waals surface area contributed by atoms with Crippen LogP contribution < -0.4 is 5.32 Å². The summed E-state index contributed by atoms with van der Waals surface area (Å²) in [5.41, 5.74) is 2.59. The van der Waals surface area contributed by atoms with E-state index in [-0.39, 0.29) is 29.7 Å². The maximum atomic E-state index is 12.6. The summed E-state index contributed by atoms with van der Waals surface area (Å²) in [5, 5.41) is 3.09. The normalized spacial score (nSPS) is 10.5. The Kier molecular flexibility index (Phi) is 15.5. The number of nitrogens with one attached hydrogen (secondary N) is 1. The lowest BCUT2D eigenvalue weighted by Crippen LogP contribution is -2.18. The van der Waals surface area contributed by atoms with Gasteiger partial charge < -0.3 is 10.1 Å². The zero-order valence-corrected chi connectivity index (χ0v) is 17.9. The van der Waals surface area contributed by atoms with Gasteiger partial charge in [-0.05, 0) is 38.3 Å². The van der Waals surface area contributed by atoms with Crippen molar-refractivity contribution in [3.05, 3.63) is 29.3 Å². The zero-order chi connectivity index (χ0) is 20.7. The van der Waals surface area contributed by atoms with E-state index < -0.39 is 0 Å². The first-order chi connectivity index (χ1) is 12.4. The Morgan fingerprint density at radius 3 is 2.04 bits per heavy atom. The molecule has 4 heteroatoms. The average molecular weight is 364 g/mol. The third-order valence-electron chi connectivity index (χ3n) is 3.95. The van der Waals surface area contributed by atoms with E-state index in [0.717, 1.165) is 17.7 Å². The summed E-state index contributed by atoms with van der Waals surface area (Å²) in [6.07, 6.45) is 1.71. The van der Waals surface area contributed by atoms with Crippen molar-refractivity contribution in [3.63, 3.8) is 0 Å². The highest BCUT2D eigenvalue weighted by Gasteiger charge is 2.21. The number of rotatable bonds is 9. The van der Waals surface area contributed by atoms with Gasteiger partial charge in [0.1, 0.15) is 11.6 Å². The predicted molar refractivity (Wildman–Crippen MR) is 111 cm³/mol. The number of hydrogen-bond donors (Lipinski definition) is 1. The van der Waals surface area contributed by atoms with Crippen molar-refractivity contribution in [2.75, 3.05) is 12.4 Å². The molecule has 0 saturated carbocycles. The molecule has 1 aromatic carbocycles. The van der Waals surface area contributed by atoms with Crippen LogP contribution in [0.4, 0.5) is 5.69 Å². The molecular formula is C22H37NO3. The van der Waals surface area contributed by atoms with Crippen LogP contribution >= 0.6 is 0 Å². The second-order valence-corrected chi connectivity index (χ2v) is 5.61. The molecule has 4 nitrogen and oxygen atoms in total. The summed E-state index contributed by atoms with van der Waals surface area (Å²) in [5.74, 6) is -0.389. The first kappa shape index (κ1) is 26.3. The summed E-state index contributed by atoms with van der Waals surface area (Å²) in [4.78, 5) is 35.4. The molecule has 0 heterocycles. The van der Waals surface area contributed by atoms with Gasteiger partial charge in [0.05, 0.1) is 0 Å². The Balaban J connectivity index is 0. The summed E-state index contributed by atoms with van der Waals surface area (Å²) >= 11 is 0. The molecule has 0 aliphatic carbocycles. The van der Waals surface area contributed by atoms with Crippen LogP contribution in [0.15, 0.2) is 18.2 Å². The van der Waals surface area contributed by atoms with Crippen LogP contribution in [0.3, 0.4) is 0 Å². The maximum Gasteiger partial charge on any atom is 0.163 e. The molecule has 0 saturated heterocycles. The lowest BCUT2D eigenvalue weighted by molar-refractivity contribution is -0.121. The van der Waals surface area contributed by atoms with Gasteiger partial charge in [-0.2, -0.15) is 0 Å². The average Bonchev–Trinajstić information content (AvgIpc) is 2.66.